The number of anilines is 6. The maximum absolute atomic E-state index is 7.15. The van der Waals surface area contributed by atoms with Gasteiger partial charge in [0.15, 0.2) is 5.58 Å². The Labute approximate surface area is 380 Å². The molecule has 66 heavy (non-hydrogen) atoms. The largest absolute Gasteiger partial charge is 0.457 e. The lowest BCUT2D eigenvalue weighted by molar-refractivity contribution is 0.436. The van der Waals surface area contributed by atoms with Crippen molar-refractivity contribution in [1.29, 1.82) is 0 Å². The van der Waals surface area contributed by atoms with E-state index in [9.17, 15) is 0 Å². The fourth-order valence-corrected chi connectivity index (χ4v) is 11.0. The van der Waals surface area contributed by atoms with Crippen LogP contribution in [0.15, 0.2) is 239 Å². The van der Waals surface area contributed by atoms with Crippen molar-refractivity contribution < 1.29 is 13.6 Å². The van der Waals surface area contributed by atoms with Crippen LogP contribution in [-0.4, -0.2) is 0 Å². The smallest absolute Gasteiger partial charge is 0.161 e. The average molecular weight is 847 g/mol. The Bertz CT molecular complexity index is 3800. The van der Waals surface area contributed by atoms with Gasteiger partial charge in [0.1, 0.15) is 28.2 Å². The number of hydrogen-bond donors (Lipinski definition) is 0. The summed E-state index contributed by atoms with van der Waals surface area (Å²) >= 11 is 0. The van der Waals surface area contributed by atoms with E-state index >= 15 is 0 Å². The summed E-state index contributed by atoms with van der Waals surface area (Å²) in [6.45, 7) is 0. The molecule has 2 aromatic heterocycles. The highest BCUT2D eigenvalue weighted by molar-refractivity contribution is 6.18. The molecule has 0 radical (unpaired) electrons. The van der Waals surface area contributed by atoms with Crippen molar-refractivity contribution in [2.24, 2.45) is 0 Å². The number of ether oxygens (including phenoxy) is 1. The second-order valence-electron chi connectivity index (χ2n) is 17.1. The number of rotatable bonds is 6. The minimum atomic E-state index is -0.645. The first kappa shape index (κ1) is 36.7. The Morgan fingerprint density at radius 2 is 0.833 bits per heavy atom. The molecule has 0 N–H and O–H groups in total. The molecular weight excluding hydrogens is 809 g/mol. The zero-order valence-electron chi connectivity index (χ0n) is 35.6. The summed E-state index contributed by atoms with van der Waals surface area (Å²) in [7, 11) is 0. The minimum Gasteiger partial charge on any atom is -0.457 e. The summed E-state index contributed by atoms with van der Waals surface area (Å²) in [6.07, 6.45) is 0. The molecule has 5 heteroatoms. The number of para-hydroxylation sites is 5. The van der Waals surface area contributed by atoms with E-state index in [1.807, 2.05) is 18.2 Å². The molecule has 0 atom stereocenters. The van der Waals surface area contributed by atoms with Crippen LogP contribution in [0.1, 0.15) is 22.3 Å². The molecule has 10 aromatic carbocycles. The Balaban J connectivity index is 1.07. The van der Waals surface area contributed by atoms with Crippen LogP contribution >= 0.6 is 0 Å². The van der Waals surface area contributed by atoms with Crippen LogP contribution in [0, 0.1) is 0 Å². The van der Waals surface area contributed by atoms with E-state index in [0.717, 1.165) is 101 Å². The molecule has 0 saturated heterocycles. The summed E-state index contributed by atoms with van der Waals surface area (Å²) in [5.41, 5.74) is 15.7. The monoisotopic (exact) mass is 846 g/mol. The summed E-state index contributed by atoms with van der Waals surface area (Å²) in [6, 6.07) is 81.7. The molecule has 0 saturated carbocycles. The standard InChI is InChI=1S/C61H38N2O3/c1-3-17-39(18-4-1)62(40-19-5-2-6-20-40)52-33-34-53(60-59(52)46-24-10-15-29-55(46)66-60)63(41-31-35-56-47(37-41)45-23-9-14-28-54(45)64-56)42-32-36-58-51(38-42)61(50-27-13-16-30-57(50)65-58)48-25-11-7-21-43(48)44-22-8-12-26-49(44)61/h1-38H. The Morgan fingerprint density at radius 1 is 0.318 bits per heavy atom. The van der Waals surface area contributed by atoms with Gasteiger partial charge in [0.25, 0.3) is 0 Å². The summed E-state index contributed by atoms with van der Waals surface area (Å²) in [4.78, 5) is 4.68. The first-order valence-electron chi connectivity index (χ1n) is 22.4. The van der Waals surface area contributed by atoms with Crippen molar-refractivity contribution in [2.45, 2.75) is 5.41 Å². The molecule has 310 valence electrons. The topological polar surface area (TPSA) is 42.0 Å². The lowest BCUT2D eigenvalue weighted by Crippen LogP contribution is -2.32. The van der Waals surface area contributed by atoms with Crippen molar-refractivity contribution in [2.75, 3.05) is 9.80 Å². The molecule has 0 unspecified atom stereocenters. The number of benzene rings is 10. The van der Waals surface area contributed by atoms with Crippen LogP contribution in [0.25, 0.3) is 55.0 Å². The van der Waals surface area contributed by atoms with Gasteiger partial charge in [-0.15, -0.1) is 0 Å². The van der Waals surface area contributed by atoms with Gasteiger partial charge in [0.2, 0.25) is 0 Å². The van der Waals surface area contributed by atoms with Crippen LogP contribution in [0.4, 0.5) is 34.1 Å². The van der Waals surface area contributed by atoms with Crippen LogP contribution < -0.4 is 14.5 Å². The summed E-state index contributed by atoms with van der Waals surface area (Å²) in [5.74, 6) is 1.69. The normalized spacial score (nSPS) is 13.1. The summed E-state index contributed by atoms with van der Waals surface area (Å²) in [5, 5.41) is 4.15. The van der Waals surface area contributed by atoms with Gasteiger partial charge in [-0.25, -0.2) is 0 Å². The molecule has 0 bridgehead atoms. The molecule has 0 amide bonds. The van der Waals surface area contributed by atoms with Gasteiger partial charge in [-0.2, -0.15) is 0 Å². The molecule has 1 spiro atoms. The molecule has 1 aliphatic heterocycles. The van der Waals surface area contributed by atoms with Gasteiger partial charge in [0.05, 0.1) is 22.2 Å². The van der Waals surface area contributed by atoms with Crippen molar-refractivity contribution in [3.63, 3.8) is 0 Å². The third-order valence-electron chi connectivity index (χ3n) is 13.7. The van der Waals surface area contributed by atoms with Crippen LogP contribution in [-0.2, 0) is 5.41 Å². The number of nitrogens with zero attached hydrogens (tertiary/aromatic N) is 2. The first-order chi connectivity index (χ1) is 32.7. The third-order valence-corrected chi connectivity index (χ3v) is 13.7. The fraction of sp³-hybridized carbons (Fsp3) is 0.0164. The molecule has 5 nitrogen and oxygen atoms in total. The number of hydrogen-bond acceptors (Lipinski definition) is 5. The van der Waals surface area contributed by atoms with E-state index in [1.54, 1.807) is 0 Å². The summed E-state index contributed by atoms with van der Waals surface area (Å²) < 4.78 is 20.5. The predicted molar refractivity (Wildman–Crippen MR) is 268 cm³/mol. The third kappa shape index (κ3) is 5.16. The van der Waals surface area contributed by atoms with Gasteiger partial charge < -0.3 is 23.4 Å². The first-order valence-corrected chi connectivity index (χ1v) is 22.4. The Morgan fingerprint density at radius 3 is 1.56 bits per heavy atom. The van der Waals surface area contributed by atoms with Gasteiger partial charge in [-0.05, 0) is 113 Å². The lowest BCUT2D eigenvalue weighted by atomic mass is 9.66. The van der Waals surface area contributed by atoms with Crippen molar-refractivity contribution >= 4 is 78.0 Å². The zero-order chi connectivity index (χ0) is 43.3. The maximum Gasteiger partial charge on any atom is 0.161 e. The molecular formula is C61H38N2O3. The molecule has 2 aliphatic rings. The van der Waals surface area contributed by atoms with E-state index in [1.165, 1.54) is 22.3 Å². The minimum absolute atomic E-state index is 0.645. The Hall–Kier alpha value is -8.80. The maximum atomic E-state index is 7.15. The number of furan rings is 2. The highest BCUT2D eigenvalue weighted by Crippen LogP contribution is 2.63. The van der Waals surface area contributed by atoms with Crippen molar-refractivity contribution in [3.8, 4) is 22.6 Å². The molecule has 14 rings (SSSR count). The van der Waals surface area contributed by atoms with Crippen LogP contribution in [0.5, 0.6) is 11.5 Å². The lowest BCUT2D eigenvalue weighted by Gasteiger charge is -2.40. The van der Waals surface area contributed by atoms with E-state index in [2.05, 4.69) is 222 Å². The highest BCUT2D eigenvalue weighted by atomic mass is 16.5. The molecule has 3 heterocycles. The van der Waals surface area contributed by atoms with Crippen LogP contribution in [0.2, 0.25) is 0 Å². The molecule has 12 aromatic rings. The van der Waals surface area contributed by atoms with Crippen molar-refractivity contribution in [3.05, 3.63) is 253 Å². The van der Waals surface area contributed by atoms with E-state index in [4.69, 9.17) is 13.6 Å². The second-order valence-corrected chi connectivity index (χ2v) is 17.1. The van der Waals surface area contributed by atoms with Crippen molar-refractivity contribution in [1.82, 2.24) is 0 Å². The van der Waals surface area contributed by atoms with E-state index in [-0.39, 0.29) is 0 Å². The average Bonchev–Trinajstić information content (AvgIpc) is 4.05. The van der Waals surface area contributed by atoms with E-state index in [0.29, 0.717) is 0 Å². The molecule has 1 aliphatic carbocycles. The van der Waals surface area contributed by atoms with Gasteiger partial charge >= 0.3 is 0 Å². The SMILES string of the molecule is c1ccc(N(c2ccccc2)c2ccc(N(c3ccc4c(c3)C3(c5ccccc5O4)c4ccccc4-c4ccccc43)c3ccc4oc5ccccc5c4c3)c3oc4ccccc4c23)cc1. The highest BCUT2D eigenvalue weighted by Gasteiger charge is 2.51. The second kappa shape index (κ2) is 14.1. The zero-order valence-corrected chi connectivity index (χ0v) is 35.6. The van der Waals surface area contributed by atoms with Crippen LogP contribution in [0.3, 0.4) is 0 Å². The predicted octanol–water partition coefficient (Wildman–Crippen LogP) is 16.9. The number of fused-ring (bicyclic) bond motifs is 15. The Kier molecular flexibility index (Phi) is 7.83. The quantitative estimate of drug-likeness (QED) is 0.167. The molecule has 0 fully saturated rings. The van der Waals surface area contributed by atoms with Gasteiger partial charge in [-0.1, -0.05) is 140 Å². The van der Waals surface area contributed by atoms with Gasteiger partial charge in [-0.3, -0.25) is 0 Å². The fourth-order valence-electron chi connectivity index (χ4n) is 11.0. The van der Waals surface area contributed by atoms with E-state index < -0.39 is 5.41 Å². The van der Waals surface area contributed by atoms with Gasteiger partial charge in [0, 0.05) is 50.0 Å².